The largest absolute Gasteiger partial charge is 0.354 e. The number of ketones is 1. The fourth-order valence-electron chi connectivity index (χ4n) is 5.32. The van der Waals surface area contributed by atoms with Crippen LogP contribution >= 0.6 is 0 Å². The van der Waals surface area contributed by atoms with Gasteiger partial charge in [0.1, 0.15) is 5.82 Å². The van der Waals surface area contributed by atoms with Crippen molar-refractivity contribution in [2.45, 2.75) is 13.0 Å². The Labute approximate surface area is 205 Å². The Morgan fingerprint density at radius 1 is 0.886 bits per heavy atom. The SMILES string of the molecule is Cn1cc(C(=O)CN2CCN(c3ccnc(N4CCc5ccccc5C4)n3)CC2)c2ccccc21. The van der Waals surface area contributed by atoms with Crippen LogP contribution in [0.3, 0.4) is 0 Å². The lowest BCUT2D eigenvalue weighted by atomic mass is 10.0. The smallest absolute Gasteiger partial charge is 0.227 e. The van der Waals surface area contributed by atoms with Crippen LogP contribution in [0.1, 0.15) is 21.5 Å². The van der Waals surface area contributed by atoms with Crippen molar-refractivity contribution in [1.82, 2.24) is 19.4 Å². The maximum absolute atomic E-state index is 13.1. The Balaban J connectivity index is 1.09. The Kier molecular flexibility index (Phi) is 5.70. The summed E-state index contributed by atoms with van der Waals surface area (Å²) in [6.45, 7) is 5.61. The standard InChI is InChI=1S/C28H30N6O/c1-31-19-24(23-8-4-5-9-25(23)31)26(35)20-32-14-16-33(17-15-32)27-10-12-29-28(30-27)34-13-11-21-6-2-3-7-22(21)18-34/h2-10,12,19H,11,13-18,20H2,1H3. The summed E-state index contributed by atoms with van der Waals surface area (Å²) in [5.41, 5.74) is 4.69. The highest BCUT2D eigenvalue weighted by molar-refractivity contribution is 6.09. The zero-order valence-electron chi connectivity index (χ0n) is 20.1. The van der Waals surface area contributed by atoms with Gasteiger partial charge in [0.25, 0.3) is 0 Å². The van der Waals surface area contributed by atoms with Gasteiger partial charge in [-0.05, 0) is 29.7 Å². The number of hydrogen-bond donors (Lipinski definition) is 0. The number of carbonyl (C=O) groups is 1. The lowest BCUT2D eigenvalue weighted by molar-refractivity contribution is 0.0928. The summed E-state index contributed by atoms with van der Waals surface area (Å²) in [4.78, 5) is 29.4. The molecular weight excluding hydrogens is 436 g/mol. The Morgan fingerprint density at radius 2 is 1.66 bits per heavy atom. The highest BCUT2D eigenvalue weighted by atomic mass is 16.1. The van der Waals surface area contributed by atoms with Crippen LogP contribution in [0.2, 0.25) is 0 Å². The number of aromatic nitrogens is 3. The van der Waals surface area contributed by atoms with Crippen LogP contribution in [-0.2, 0) is 20.0 Å². The van der Waals surface area contributed by atoms with E-state index in [1.54, 1.807) is 0 Å². The molecule has 1 fully saturated rings. The summed E-state index contributed by atoms with van der Waals surface area (Å²) >= 11 is 0. The monoisotopic (exact) mass is 466 g/mol. The van der Waals surface area contributed by atoms with E-state index in [1.165, 1.54) is 11.1 Å². The topological polar surface area (TPSA) is 57.5 Å². The molecule has 0 bridgehead atoms. The Bertz CT molecular complexity index is 1370. The van der Waals surface area contributed by atoms with Gasteiger partial charge in [-0.3, -0.25) is 9.69 Å². The van der Waals surface area contributed by atoms with Gasteiger partial charge in [0, 0.05) is 75.2 Å². The number of benzene rings is 2. The molecule has 4 heterocycles. The predicted octanol–water partition coefficient (Wildman–Crippen LogP) is 3.54. The van der Waals surface area contributed by atoms with Gasteiger partial charge in [0.2, 0.25) is 5.95 Å². The lowest BCUT2D eigenvalue weighted by Gasteiger charge is -2.35. The molecule has 0 aliphatic carbocycles. The maximum atomic E-state index is 13.1. The number of rotatable bonds is 5. The van der Waals surface area contributed by atoms with Crippen LogP contribution in [-0.4, -0.2) is 64.5 Å². The molecule has 0 saturated carbocycles. The molecule has 6 rings (SSSR count). The number of piperazine rings is 1. The number of Topliss-reactive ketones (excluding diaryl/α,β-unsaturated/α-hetero) is 1. The summed E-state index contributed by atoms with van der Waals surface area (Å²) in [5.74, 6) is 1.95. The van der Waals surface area contributed by atoms with Crippen molar-refractivity contribution in [2.24, 2.45) is 7.05 Å². The Hall–Kier alpha value is -3.71. The summed E-state index contributed by atoms with van der Waals surface area (Å²) in [6, 6.07) is 18.7. The van der Waals surface area contributed by atoms with Crippen molar-refractivity contribution in [1.29, 1.82) is 0 Å². The summed E-state index contributed by atoms with van der Waals surface area (Å²) in [6.07, 6.45) is 4.85. The van der Waals surface area contributed by atoms with E-state index in [4.69, 9.17) is 4.98 Å². The first kappa shape index (κ1) is 21.8. The maximum Gasteiger partial charge on any atom is 0.227 e. The predicted molar refractivity (Wildman–Crippen MR) is 139 cm³/mol. The highest BCUT2D eigenvalue weighted by Crippen LogP contribution is 2.24. The molecule has 0 unspecified atom stereocenters. The van der Waals surface area contributed by atoms with Crippen LogP contribution in [0.4, 0.5) is 11.8 Å². The van der Waals surface area contributed by atoms with Crippen LogP contribution < -0.4 is 9.80 Å². The average molecular weight is 467 g/mol. The first-order valence-corrected chi connectivity index (χ1v) is 12.3. The molecule has 1 saturated heterocycles. The van der Waals surface area contributed by atoms with E-state index >= 15 is 0 Å². The lowest BCUT2D eigenvalue weighted by Crippen LogP contribution is -2.48. The number of nitrogens with zero attached hydrogens (tertiary/aromatic N) is 6. The first-order valence-electron chi connectivity index (χ1n) is 12.3. The normalized spacial score (nSPS) is 16.5. The second kappa shape index (κ2) is 9.15. The molecule has 4 aromatic rings. The third-order valence-electron chi connectivity index (χ3n) is 7.30. The number of para-hydroxylation sites is 1. The molecule has 7 heteroatoms. The number of anilines is 2. The van der Waals surface area contributed by atoms with Crippen molar-refractivity contribution < 1.29 is 4.79 Å². The third kappa shape index (κ3) is 4.28. The van der Waals surface area contributed by atoms with Gasteiger partial charge in [-0.2, -0.15) is 4.98 Å². The van der Waals surface area contributed by atoms with Gasteiger partial charge < -0.3 is 14.4 Å². The van der Waals surface area contributed by atoms with Gasteiger partial charge >= 0.3 is 0 Å². The molecular formula is C28H30N6O. The van der Waals surface area contributed by atoms with E-state index in [0.717, 1.165) is 73.9 Å². The number of hydrogen-bond acceptors (Lipinski definition) is 6. The number of aryl methyl sites for hydroxylation is 1. The van der Waals surface area contributed by atoms with Crippen molar-refractivity contribution in [3.63, 3.8) is 0 Å². The third-order valence-corrected chi connectivity index (χ3v) is 7.30. The van der Waals surface area contributed by atoms with Crippen molar-refractivity contribution >= 4 is 28.5 Å². The summed E-state index contributed by atoms with van der Waals surface area (Å²) in [5, 5.41) is 1.03. The van der Waals surface area contributed by atoms with Gasteiger partial charge in [-0.1, -0.05) is 42.5 Å². The van der Waals surface area contributed by atoms with E-state index in [0.29, 0.717) is 6.54 Å². The molecule has 2 aromatic heterocycles. The Morgan fingerprint density at radius 3 is 2.51 bits per heavy atom. The van der Waals surface area contributed by atoms with Gasteiger partial charge in [0.15, 0.2) is 5.78 Å². The van der Waals surface area contributed by atoms with Crippen molar-refractivity contribution in [3.8, 4) is 0 Å². The van der Waals surface area contributed by atoms with E-state index < -0.39 is 0 Å². The van der Waals surface area contributed by atoms with E-state index in [1.807, 2.05) is 48.3 Å². The van der Waals surface area contributed by atoms with Crippen LogP contribution in [0.5, 0.6) is 0 Å². The second-order valence-electron chi connectivity index (χ2n) is 9.51. The van der Waals surface area contributed by atoms with E-state index in [9.17, 15) is 4.79 Å². The van der Waals surface area contributed by atoms with Crippen LogP contribution in [0, 0.1) is 0 Å². The first-order chi connectivity index (χ1) is 17.2. The fraction of sp³-hybridized carbons (Fsp3) is 0.321. The molecule has 2 aliphatic rings. The highest BCUT2D eigenvalue weighted by Gasteiger charge is 2.24. The molecule has 0 atom stereocenters. The zero-order chi connectivity index (χ0) is 23.8. The average Bonchev–Trinajstić information content (AvgIpc) is 3.25. The van der Waals surface area contributed by atoms with Gasteiger partial charge in [0.05, 0.1) is 6.54 Å². The number of fused-ring (bicyclic) bond motifs is 2. The minimum Gasteiger partial charge on any atom is -0.354 e. The van der Waals surface area contributed by atoms with Crippen molar-refractivity contribution in [3.05, 3.63) is 83.7 Å². The van der Waals surface area contributed by atoms with Gasteiger partial charge in [-0.15, -0.1) is 0 Å². The molecule has 35 heavy (non-hydrogen) atoms. The minimum atomic E-state index is 0.185. The van der Waals surface area contributed by atoms with Gasteiger partial charge in [-0.25, -0.2) is 4.98 Å². The van der Waals surface area contributed by atoms with E-state index in [-0.39, 0.29) is 5.78 Å². The molecule has 0 N–H and O–H groups in total. The summed E-state index contributed by atoms with van der Waals surface area (Å²) < 4.78 is 2.04. The van der Waals surface area contributed by atoms with E-state index in [2.05, 4.69) is 50.0 Å². The zero-order valence-corrected chi connectivity index (χ0v) is 20.1. The van der Waals surface area contributed by atoms with Crippen LogP contribution in [0.25, 0.3) is 10.9 Å². The molecule has 0 spiro atoms. The molecule has 0 amide bonds. The molecule has 2 aliphatic heterocycles. The molecule has 178 valence electrons. The molecule has 0 radical (unpaired) electrons. The van der Waals surface area contributed by atoms with Crippen molar-refractivity contribution in [2.75, 3.05) is 49.1 Å². The summed E-state index contributed by atoms with van der Waals surface area (Å²) in [7, 11) is 2.00. The fourth-order valence-corrected chi connectivity index (χ4v) is 5.32. The molecule has 2 aromatic carbocycles. The van der Waals surface area contributed by atoms with Crippen LogP contribution in [0.15, 0.2) is 67.0 Å². The second-order valence-corrected chi connectivity index (χ2v) is 9.51. The quantitative estimate of drug-likeness (QED) is 0.420. The number of carbonyl (C=O) groups excluding carboxylic acids is 1. The molecule has 7 nitrogen and oxygen atoms in total. The minimum absolute atomic E-state index is 0.185.